The second-order valence-corrected chi connectivity index (χ2v) is 10.2. The number of ether oxygens (including phenoxy) is 2. The Kier molecular flexibility index (Phi) is 9.36. The van der Waals surface area contributed by atoms with Crippen LogP contribution in [-0.2, 0) is 9.47 Å². The maximum atomic E-state index is 6.65. The van der Waals surface area contributed by atoms with Gasteiger partial charge in [-0.1, -0.05) is 99.2 Å². The Balaban J connectivity index is 1.37. The molecule has 0 aromatic heterocycles. The summed E-state index contributed by atoms with van der Waals surface area (Å²) in [5, 5.41) is 0. The molecule has 2 aromatic rings. The molecule has 0 heterocycles. The minimum absolute atomic E-state index is 0.167. The molecule has 0 amide bonds. The quantitative estimate of drug-likeness (QED) is 0.375. The van der Waals surface area contributed by atoms with Gasteiger partial charge in [0.05, 0.1) is 24.4 Å². The summed E-state index contributed by atoms with van der Waals surface area (Å²) in [6.45, 7) is 0. The molecule has 2 unspecified atom stereocenters. The normalized spacial score (nSPS) is 20.4. The highest BCUT2D eigenvalue weighted by molar-refractivity contribution is 7.99. The lowest BCUT2D eigenvalue weighted by atomic mass is 9.97. The second kappa shape index (κ2) is 12.7. The van der Waals surface area contributed by atoms with Gasteiger partial charge >= 0.3 is 0 Å². The molecule has 2 fully saturated rings. The minimum atomic E-state index is 0.167. The first-order valence-electron chi connectivity index (χ1n) is 12.4. The van der Waals surface area contributed by atoms with Crippen LogP contribution < -0.4 is 0 Å². The van der Waals surface area contributed by atoms with E-state index in [1.54, 1.807) is 0 Å². The van der Waals surface area contributed by atoms with E-state index in [0.29, 0.717) is 12.2 Å². The summed E-state index contributed by atoms with van der Waals surface area (Å²) in [5.41, 5.74) is 2.62. The molecule has 0 spiro atoms. The van der Waals surface area contributed by atoms with Crippen molar-refractivity contribution in [1.29, 1.82) is 0 Å². The number of rotatable bonds is 10. The maximum Gasteiger partial charge on any atom is 0.0919 e. The molecule has 31 heavy (non-hydrogen) atoms. The van der Waals surface area contributed by atoms with Crippen molar-refractivity contribution in [3.8, 4) is 0 Å². The zero-order valence-corrected chi connectivity index (χ0v) is 19.6. The first-order chi connectivity index (χ1) is 15.4. The first kappa shape index (κ1) is 22.9. The van der Waals surface area contributed by atoms with Crippen LogP contribution in [0.5, 0.6) is 0 Å². The van der Waals surface area contributed by atoms with Crippen LogP contribution in [0.4, 0.5) is 0 Å². The fraction of sp³-hybridized carbons (Fsp3) is 0.571. The van der Waals surface area contributed by atoms with Crippen molar-refractivity contribution in [3.05, 3.63) is 71.8 Å². The SMILES string of the molecule is c1ccc(C(CSCC(OC2CCCCC2)c2ccccc2)OC2CCCCC2)cc1. The Labute approximate surface area is 193 Å². The van der Waals surface area contributed by atoms with Crippen molar-refractivity contribution in [2.45, 2.75) is 88.6 Å². The molecule has 2 aliphatic rings. The zero-order chi connectivity index (χ0) is 21.1. The van der Waals surface area contributed by atoms with Crippen LogP contribution in [-0.4, -0.2) is 23.7 Å². The van der Waals surface area contributed by atoms with E-state index in [1.165, 1.54) is 75.3 Å². The smallest absolute Gasteiger partial charge is 0.0919 e. The molecular weight excluding hydrogens is 400 g/mol. The van der Waals surface area contributed by atoms with E-state index >= 15 is 0 Å². The Morgan fingerprint density at radius 3 is 1.35 bits per heavy atom. The summed E-state index contributed by atoms with van der Waals surface area (Å²) >= 11 is 1.99. The third kappa shape index (κ3) is 7.37. The molecule has 0 N–H and O–H groups in total. The number of hydrogen-bond acceptors (Lipinski definition) is 3. The Morgan fingerprint density at radius 1 is 0.581 bits per heavy atom. The van der Waals surface area contributed by atoms with Gasteiger partial charge in [0.15, 0.2) is 0 Å². The van der Waals surface area contributed by atoms with Crippen molar-refractivity contribution in [2.24, 2.45) is 0 Å². The first-order valence-corrected chi connectivity index (χ1v) is 13.5. The van der Waals surface area contributed by atoms with Crippen molar-refractivity contribution in [2.75, 3.05) is 11.5 Å². The van der Waals surface area contributed by atoms with Crippen LogP contribution in [0.1, 0.15) is 87.5 Å². The molecule has 2 saturated carbocycles. The fourth-order valence-electron chi connectivity index (χ4n) is 4.91. The summed E-state index contributed by atoms with van der Waals surface area (Å²) in [6.07, 6.45) is 14.0. The minimum Gasteiger partial charge on any atom is -0.369 e. The summed E-state index contributed by atoms with van der Waals surface area (Å²) in [6, 6.07) is 21.6. The van der Waals surface area contributed by atoms with Gasteiger partial charge in [0.1, 0.15) is 0 Å². The van der Waals surface area contributed by atoms with Gasteiger partial charge < -0.3 is 9.47 Å². The zero-order valence-electron chi connectivity index (χ0n) is 18.8. The lowest BCUT2D eigenvalue weighted by Gasteiger charge is -2.30. The molecule has 3 heteroatoms. The van der Waals surface area contributed by atoms with Crippen molar-refractivity contribution < 1.29 is 9.47 Å². The average molecular weight is 439 g/mol. The van der Waals surface area contributed by atoms with E-state index in [9.17, 15) is 0 Å². The Morgan fingerprint density at radius 2 is 0.968 bits per heavy atom. The lowest BCUT2D eigenvalue weighted by molar-refractivity contribution is -0.0224. The van der Waals surface area contributed by atoms with Crippen LogP contribution in [0.2, 0.25) is 0 Å². The van der Waals surface area contributed by atoms with Gasteiger partial charge in [-0.05, 0) is 36.8 Å². The van der Waals surface area contributed by atoms with Gasteiger partial charge in [-0.15, -0.1) is 0 Å². The van der Waals surface area contributed by atoms with E-state index in [0.717, 1.165) is 11.5 Å². The summed E-state index contributed by atoms with van der Waals surface area (Å²) in [7, 11) is 0. The van der Waals surface area contributed by atoms with Crippen LogP contribution in [0, 0.1) is 0 Å². The predicted octanol–water partition coefficient (Wildman–Crippen LogP) is 7.90. The highest BCUT2D eigenvalue weighted by Gasteiger charge is 2.23. The Bertz CT molecular complexity index is 660. The molecule has 0 bridgehead atoms. The highest BCUT2D eigenvalue weighted by atomic mass is 32.2. The summed E-state index contributed by atoms with van der Waals surface area (Å²) in [5.74, 6) is 1.97. The molecule has 2 aromatic carbocycles. The monoisotopic (exact) mass is 438 g/mol. The van der Waals surface area contributed by atoms with Gasteiger partial charge in [-0.3, -0.25) is 0 Å². The van der Waals surface area contributed by atoms with Gasteiger partial charge in [-0.2, -0.15) is 11.8 Å². The molecule has 2 aliphatic carbocycles. The van der Waals surface area contributed by atoms with E-state index in [-0.39, 0.29) is 12.2 Å². The van der Waals surface area contributed by atoms with Gasteiger partial charge in [0.25, 0.3) is 0 Å². The van der Waals surface area contributed by atoms with Gasteiger partial charge in [0, 0.05) is 11.5 Å². The molecule has 2 atom stereocenters. The third-order valence-corrected chi connectivity index (χ3v) is 7.78. The standard InChI is InChI=1S/C28H38O2S/c1-5-13-23(14-6-1)27(29-25-17-9-3-10-18-25)21-31-22-28(24-15-7-2-8-16-24)30-26-19-11-4-12-20-26/h1-2,5-8,13-16,25-28H,3-4,9-12,17-22H2. The van der Waals surface area contributed by atoms with Crippen LogP contribution in [0.3, 0.4) is 0 Å². The molecule has 168 valence electrons. The summed E-state index contributed by atoms with van der Waals surface area (Å²) < 4.78 is 13.3. The maximum absolute atomic E-state index is 6.65. The predicted molar refractivity (Wildman–Crippen MR) is 132 cm³/mol. The van der Waals surface area contributed by atoms with Crippen LogP contribution in [0.25, 0.3) is 0 Å². The van der Waals surface area contributed by atoms with E-state index in [4.69, 9.17) is 9.47 Å². The average Bonchev–Trinajstić information content (AvgIpc) is 2.85. The molecule has 0 aliphatic heterocycles. The van der Waals surface area contributed by atoms with E-state index in [2.05, 4.69) is 60.7 Å². The van der Waals surface area contributed by atoms with Gasteiger partial charge in [0.2, 0.25) is 0 Å². The van der Waals surface area contributed by atoms with Crippen LogP contribution in [0.15, 0.2) is 60.7 Å². The molecule has 0 radical (unpaired) electrons. The number of benzene rings is 2. The van der Waals surface area contributed by atoms with E-state index < -0.39 is 0 Å². The Hall–Kier alpha value is -1.29. The van der Waals surface area contributed by atoms with Crippen molar-refractivity contribution in [1.82, 2.24) is 0 Å². The second-order valence-electron chi connectivity index (χ2n) is 9.13. The lowest BCUT2D eigenvalue weighted by Crippen LogP contribution is -2.23. The van der Waals surface area contributed by atoms with Crippen LogP contribution >= 0.6 is 11.8 Å². The highest BCUT2D eigenvalue weighted by Crippen LogP contribution is 2.33. The van der Waals surface area contributed by atoms with E-state index in [1.807, 2.05) is 11.8 Å². The third-order valence-electron chi connectivity index (χ3n) is 6.70. The largest absolute Gasteiger partial charge is 0.369 e. The van der Waals surface area contributed by atoms with Crippen molar-refractivity contribution in [3.63, 3.8) is 0 Å². The van der Waals surface area contributed by atoms with Gasteiger partial charge in [-0.25, -0.2) is 0 Å². The summed E-state index contributed by atoms with van der Waals surface area (Å²) in [4.78, 5) is 0. The fourth-order valence-corrected chi connectivity index (χ4v) is 6.02. The number of thioether (sulfide) groups is 1. The number of hydrogen-bond donors (Lipinski definition) is 0. The molecule has 4 rings (SSSR count). The molecular formula is C28H38O2S. The molecule has 0 saturated heterocycles. The molecule has 2 nitrogen and oxygen atoms in total. The topological polar surface area (TPSA) is 18.5 Å². The van der Waals surface area contributed by atoms with Crippen molar-refractivity contribution >= 4 is 11.8 Å².